The summed E-state index contributed by atoms with van der Waals surface area (Å²) in [5, 5.41) is 7.44. The first kappa shape index (κ1) is 19.7. The maximum Gasteiger partial charge on any atom is 0.435 e. The van der Waals surface area contributed by atoms with Gasteiger partial charge in [0.15, 0.2) is 10.8 Å². The molecule has 0 saturated carbocycles. The predicted octanol–water partition coefficient (Wildman–Crippen LogP) is 4.42. The summed E-state index contributed by atoms with van der Waals surface area (Å²) in [4.78, 5) is 16.4. The Hall–Kier alpha value is -3.02. The molecule has 28 heavy (non-hydrogen) atoms. The van der Waals surface area contributed by atoms with Gasteiger partial charge in [-0.2, -0.15) is 27.1 Å². The Bertz CT molecular complexity index is 982. The van der Waals surface area contributed by atoms with E-state index in [4.69, 9.17) is 0 Å². The summed E-state index contributed by atoms with van der Waals surface area (Å²) < 4.78 is 67.5. The lowest BCUT2D eigenvalue weighted by molar-refractivity contribution is -0.141. The number of carbonyl (C=O) groups is 1. The molecule has 2 heterocycles. The fraction of sp³-hybridized carbons (Fsp3) is 0.188. The number of thiazole rings is 1. The van der Waals surface area contributed by atoms with Gasteiger partial charge in [0.25, 0.3) is 5.91 Å². The number of aromatic nitrogens is 3. The smallest absolute Gasteiger partial charge is 0.435 e. The van der Waals surface area contributed by atoms with Gasteiger partial charge in [-0.1, -0.05) is 0 Å². The van der Waals surface area contributed by atoms with E-state index >= 15 is 0 Å². The van der Waals surface area contributed by atoms with Crippen LogP contribution in [0.5, 0.6) is 5.75 Å². The number of hydrogen-bond donors (Lipinski definition) is 1. The van der Waals surface area contributed by atoms with Crippen LogP contribution in [0.3, 0.4) is 0 Å². The molecule has 0 saturated heterocycles. The minimum atomic E-state index is -4.66. The van der Waals surface area contributed by atoms with E-state index in [1.54, 1.807) is 5.38 Å². The van der Waals surface area contributed by atoms with Crippen LogP contribution in [-0.2, 0) is 13.2 Å². The minimum absolute atomic E-state index is 0.0146. The quantitative estimate of drug-likeness (QED) is 0.623. The third-order valence-electron chi connectivity index (χ3n) is 3.50. The van der Waals surface area contributed by atoms with Gasteiger partial charge in [-0.05, 0) is 24.3 Å². The number of alkyl halides is 5. The second kappa shape index (κ2) is 7.54. The summed E-state index contributed by atoms with van der Waals surface area (Å²) in [6.07, 6.45) is -4.66. The molecule has 0 unspecified atom stereocenters. The maximum atomic E-state index is 12.7. The van der Waals surface area contributed by atoms with E-state index in [2.05, 4.69) is 20.1 Å². The molecule has 12 heteroatoms. The van der Waals surface area contributed by atoms with Gasteiger partial charge in [0.1, 0.15) is 11.4 Å². The van der Waals surface area contributed by atoms with E-state index < -0.39 is 24.4 Å². The second-order valence-corrected chi connectivity index (χ2v) is 6.29. The summed E-state index contributed by atoms with van der Waals surface area (Å²) in [7, 11) is 1.22. The van der Waals surface area contributed by atoms with Gasteiger partial charge in [0, 0.05) is 24.1 Å². The standard InChI is InChI=1S/C16H11F5N4O2S/c1-25-11(6-12(24-25)16(19,20)21)13(26)23-15-22-10(7-28-15)8-2-4-9(5-3-8)27-14(17)18/h2-7,14H,1H3,(H,22,23,26). The molecule has 0 aliphatic carbocycles. The summed E-state index contributed by atoms with van der Waals surface area (Å²) in [6, 6.07) is 6.34. The van der Waals surface area contributed by atoms with Gasteiger partial charge >= 0.3 is 12.8 Å². The first-order valence-corrected chi connectivity index (χ1v) is 8.45. The number of amides is 1. The van der Waals surface area contributed by atoms with Crippen LogP contribution in [0.15, 0.2) is 35.7 Å². The monoisotopic (exact) mass is 418 g/mol. The van der Waals surface area contributed by atoms with Crippen molar-refractivity contribution in [3.8, 4) is 17.0 Å². The van der Waals surface area contributed by atoms with Crippen molar-refractivity contribution in [2.24, 2.45) is 7.05 Å². The molecular weight excluding hydrogens is 407 g/mol. The van der Waals surface area contributed by atoms with Gasteiger partial charge in [-0.3, -0.25) is 14.8 Å². The van der Waals surface area contributed by atoms with Crippen molar-refractivity contribution in [1.82, 2.24) is 14.8 Å². The Labute approximate surface area is 158 Å². The van der Waals surface area contributed by atoms with Gasteiger partial charge < -0.3 is 4.74 Å². The minimum Gasteiger partial charge on any atom is -0.435 e. The molecular formula is C16H11F5N4O2S. The number of nitrogens with one attached hydrogen (secondary N) is 1. The summed E-state index contributed by atoms with van der Waals surface area (Å²) in [5.41, 5.74) is -0.424. The summed E-state index contributed by atoms with van der Waals surface area (Å²) in [5.74, 6) is -0.814. The number of nitrogens with zero attached hydrogens (tertiary/aromatic N) is 3. The molecule has 1 amide bonds. The molecule has 0 aliphatic rings. The number of carbonyl (C=O) groups excluding carboxylic acids is 1. The largest absolute Gasteiger partial charge is 0.435 e. The van der Waals surface area contributed by atoms with Crippen LogP contribution in [0, 0.1) is 0 Å². The lowest BCUT2D eigenvalue weighted by Gasteiger charge is -2.04. The number of aryl methyl sites for hydroxylation is 1. The first-order valence-electron chi connectivity index (χ1n) is 7.57. The molecule has 0 radical (unpaired) electrons. The molecule has 0 aliphatic heterocycles. The van der Waals surface area contributed by atoms with Crippen LogP contribution in [0.25, 0.3) is 11.3 Å². The molecule has 1 aromatic carbocycles. The fourth-order valence-electron chi connectivity index (χ4n) is 2.25. The van der Waals surface area contributed by atoms with E-state index in [1.165, 1.54) is 31.3 Å². The zero-order valence-corrected chi connectivity index (χ0v) is 14.8. The molecule has 0 bridgehead atoms. The molecule has 0 spiro atoms. The van der Waals surface area contributed by atoms with Crippen LogP contribution < -0.4 is 10.1 Å². The predicted molar refractivity (Wildman–Crippen MR) is 90.3 cm³/mol. The summed E-state index contributed by atoms with van der Waals surface area (Å²) >= 11 is 1.05. The topological polar surface area (TPSA) is 69.0 Å². The van der Waals surface area contributed by atoms with Crippen molar-refractivity contribution in [2.75, 3.05) is 5.32 Å². The van der Waals surface area contributed by atoms with Gasteiger partial charge in [-0.25, -0.2) is 4.98 Å². The Balaban J connectivity index is 1.72. The van der Waals surface area contributed by atoms with Crippen molar-refractivity contribution in [3.05, 3.63) is 47.1 Å². The third-order valence-corrected chi connectivity index (χ3v) is 4.26. The van der Waals surface area contributed by atoms with E-state index in [0.29, 0.717) is 17.3 Å². The fourth-order valence-corrected chi connectivity index (χ4v) is 2.97. The Kier molecular flexibility index (Phi) is 5.31. The van der Waals surface area contributed by atoms with Gasteiger partial charge in [0.2, 0.25) is 0 Å². The Morgan fingerprint density at radius 2 is 1.93 bits per heavy atom. The highest BCUT2D eigenvalue weighted by molar-refractivity contribution is 7.14. The van der Waals surface area contributed by atoms with Crippen molar-refractivity contribution < 1.29 is 31.5 Å². The highest BCUT2D eigenvalue weighted by Gasteiger charge is 2.35. The van der Waals surface area contributed by atoms with Gasteiger partial charge in [-0.15, -0.1) is 11.3 Å². The number of halogens is 5. The van der Waals surface area contributed by atoms with Crippen molar-refractivity contribution in [1.29, 1.82) is 0 Å². The van der Waals surface area contributed by atoms with Crippen molar-refractivity contribution in [3.63, 3.8) is 0 Å². The molecule has 3 aromatic rings. The SMILES string of the molecule is Cn1nc(C(F)(F)F)cc1C(=O)Nc1nc(-c2ccc(OC(F)F)cc2)cs1. The van der Waals surface area contributed by atoms with Crippen molar-refractivity contribution >= 4 is 22.4 Å². The van der Waals surface area contributed by atoms with Crippen LogP contribution in [0.2, 0.25) is 0 Å². The Morgan fingerprint density at radius 3 is 2.50 bits per heavy atom. The van der Waals surface area contributed by atoms with Crippen LogP contribution in [-0.4, -0.2) is 27.3 Å². The molecule has 2 aromatic heterocycles. The van der Waals surface area contributed by atoms with Gasteiger partial charge in [0.05, 0.1) is 5.69 Å². The first-order chi connectivity index (χ1) is 13.1. The molecule has 0 fully saturated rings. The lowest BCUT2D eigenvalue weighted by Crippen LogP contribution is -2.15. The van der Waals surface area contributed by atoms with E-state index in [9.17, 15) is 26.7 Å². The molecule has 0 atom stereocenters. The molecule has 3 rings (SSSR count). The van der Waals surface area contributed by atoms with Crippen LogP contribution in [0.4, 0.5) is 27.1 Å². The zero-order chi connectivity index (χ0) is 20.5. The highest BCUT2D eigenvalue weighted by atomic mass is 32.1. The highest BCUT2D eigenvalue weighted by Crippen LogP contribution is 2.29. The molecule has 6 nitrogen and oxygen atoms in total. The number of anilines is 1. The van der Waals surface area contributed by atoms with Crippen molar-refractivity contribution in [2.45, 2.75) is 12.8 Å². The number of ether oxygens (including phenoxy) is 1. The number of rotatable bonds is 5. The van der Waals surface area contributed by atoms with Crippen LogP contribution >= 0.6 is 11.3 Å². The normalized spacial score (nSPS) is 11.7. The van der Waals surface area contributed by atoms with E-state index in [0.717, 1.165) is 16.0 Å². The maximum absolute atomic E-state index is 12.7. The van der Waals surface area contributed by atoms with E-state index in [1.807, 2.05) is 0 Å². The average Bonchev–Trinajstić information content (AvgIpc) is 3.21. The molecule has 1 N–H and O–H groups in total. The zero-order valence-electron chi connectivity index (χ0n) is 14.0. The summed E-state index contributed by atoms with van der Waals surface area (Å²) in [6.45, 7) is -2.93. The number of benzene rings is 1. The second-order valence-electron chi connectivity index (χ2n) is 5.43. The molecule has 148 valence electrons. The Morgan fingerprint density at radius 1 is 1.25 bits per heavy atom. The van der Waals surface area contributed by atoms with E-state index in [-0.39, 0.29) is 16.6 Å². The number of hydrogen-bond acceptors (Lipinski definition) is 5. The lowest BCUT2D eigenvalue weighted by atomic mass is 10.2. The van der Waals surface area contributed by atoms with Crippen LogP contribution in [0.1, 0.15) is 16.2 Å². The third kappa shape index (κ3) is 4.44. The average molecular weight is 418 g/mol.